The molecule has 3 nitrogen and oxygen atoms in total. The van der Waals surface area contributed by atoms with Crippen molar-refractivity contribution in [2.75, 3.05) is 13.7 Å². The molecule has 3 heteroatoms. The number of carbonyl (C=O) groups is 1. The molecule has 0 N–H and O–H groups in total. The molecule has 14 heavy (non-hydrogen) atoms. The number of hydrogen-bond acceptors (Lipinski definition) is 3. The van der Waals surface area contributed by atoms with Gasteiger partial charge in [0.05, 0.1) is 17.6 Å². The van der Waals surface area contributed by atoms with Crippen molar-refractivity contribution in [2.24, 2.45) is 5.41 Å². The number of hydrogen-bond donors (Lipinski definition) is 0. The number of methoxy groups -OCH3 is 1. The lowest BCUT2D eigenvalue weighted by molar-refractivity contribution is -0.154. The van der Waals surface area contributed by atoms with Crippen molar-refractivity contribution in [3.63, 3.8) is 0 Å². The Hall–Kier alpha value is -0.570. The first kappa shape index (κ1) is 13.4. The molecule has 0 saturated carbocycles. The maximum atomic E-state index is 11.4. The van der Waals surface area contributed by atoms with Gasteiger partial charge < -0.3 is 9.47 Å². The summed E-state index contributed by atoms with van der Waals surface area (Å²) in [6.07, 6.45) is 0.714. The predicted octanol–water partition coefficient (Wildman–Crippen LogP) is 2.39. The van der Waals surface area contributed by atoms with E-state index in [1.54, 1.807) is 7.11 Å². The van der Waals surface area contributed by atoms with Gasteiger partial charge in [0.1, 0.15) is 0 Å². The molecule has 84 valence electrons. The molecule has 0 aromatic heterocycles. The van der Waals surface area contributed by atoms with Crippen LogP contribution in [0.2, 0.25) is 0 Å². The average molecular weight is 202 g/mol. The maximum Gasteiger partial charge on any atom is 0.311 e. The van der Waals surface area contributed by atoms with Gasteiger partial charge >= 0.3 is 5.97 Å². The minimum atomic E-state index is -0.419. The van der Waals surface area contributed by atoms with Crippen molar-refractivity contribution < 1.29 is 14.3 Å². The van der Waals surface area contributed by atoms with Gasteiger partial charge in [-0.15, -0.1) is 0 Å². The molecule has 0 spiro atoms. The number of rotatable bonds is 4. The highest BCUT2D eigenvalue weighted by Crippen LogP contribution is 2.17. The van der Waals surface area contributed by atoms with E-state index in [2.05, 4.69) is 0 Å². The van der Waals surface area contributed by atoms with Gasteiger partial charge in [0.25, 0.3) is 0 Å². The Morgan fingerprint density at radius 2 is 1.64 bits per heavy atom. The molecule has 0 aromatic carbocycles. The van der Waals surface area contributed by atoms with Crippen LogP contribution in [0, 0.1) is 5.41 Å². The summed E-state index contributed by atoms with van der Waals surface area (Å²) in [7, 11) is 1.66. The smallest absolute Gasteiger partial charge is 0.311 e. The molecule has 0 heterocycles. The zero-order chi connectivity index (χ0) is 11.4. The molecule has 0 saturated heterocycles. The Kier molecular flexibility index (Phi) is 4.59. The normalized spacial score (nSPS) is 12.7. The first-order chi connectivity index (χ1) is 6.19. The van der Waals surface area contributed by atoms with E-state index in [-0.39, 0.29) is 11.6 Å². The summed E-state index contributed by atoms with van der Waals surface area (Å²) in [5.41, 5.74) is -0.643. The number of ether oxygens (including phenoxy) is 2. The Bertz CT molecular complexity index is 189. The summed E-state index contributed by atoms with van der Waals surface area (Å²) in [6, 6.07) is 0. The highest BCUT2D eigenvalue weighted by molar-refractivity contribution is 5.75. The molecule has 0 rings (SSSR count). The molecule has 0 bridgehead atoms. The third kappa shape index (κ3) is 5.22. The third-order valence-corrected chi connectivity index (χ3v) is 2.10. The fourth-order valence-electron chi connectivity index (χ4n) is 0.708. The van der Waals surface area contributed by atoms with Crippen molar-refractivity contribution in [1.29, 1.82) is 0 Å². The predicted molar refractivity (Wildman–Crippen MR) is 56.1 cm³/mol. The molecule has 0 amide bonds. The van der Waals surface area contributed by atoms with Gasteiger partial charge in [0, 0.05) is 13.5 Å². The molecule has 0 aromatic rings. The van der Waals surface area contributed by atoms with Crippen molar-refractivity contribution in [2.45, 2.75) is 46.6 Å². The first-order valence-electron chi connectivity index (χ1n) is 4.91. The third-order valence-electron chi connectivity index (χ3n) is 2.10. The average Bonchev–Trinajstić information content (AvgIpc) is 2.02. The van der Waals surface area contributed by atoms with Crippen LogP contribution in [0.25, 0.3) is 0 Å². The first-order valence-corrected chi connectivity index (χ1v) is 4.91. The van der Waals surface area contributed by atoms with Crippen LogP contribution in [0.3, 0.4) is 0 Å². The number of esters is 1. The van der Waals surface area contributed by atoms with Crippen molar-refractivity contribution in [3.8, 4) is 0 Å². The van der Waals surface area contributed by atoms with E-state index in [4.69, 9.17) is 9.47 Å². The van der Waals surface area contributed by atoms with Crippen molar-refractivity contribution in [3.05, 3.63) is 0 Å². The van der Waals surface area contributed by atoms with E-state index in [1.807, 2.05) is 34.6 Å². The zero-order valence-corrected chi connectivity index (χ0v) is 10.1. The highest BCUT2D eigenvalue weighted by Gasteiger charge is 2.24. The summed E-state index contributed by atoms with van der Waals surface area (Å²) in [6.45, 7) is 9.89. The second-order valence-corrected chi connectivity index (χ2v) is 5.10. The van der Waals surface area contributed by atoms with Crippen LogP contribution >= 0.6 is 0 Å². The Labute approximate surface area is 86.8 Å². The fraction of sp³-hybridized carbons (Fsp3) is 0.909. The summed E-state index contributed by atoms with van der Waals surface area (Å²) in [5.74, 6) is -0.163. The molecular formula is C11H22O3. The molecule has 0 aliphatic carbocycles. The Morgan fingerprint density at radius 1 is 1.14 bits per heavy atom. The second-order valence-electron chi connectivity index (χ2n) is 5.10. The Balaban J connectivity index is 3.82. The van der Waals surface area contributed by atoms with Gasteiger partial charge in [-0.1, -0.05) is 0 Å². The van der Waals surface area contributed by atoms with Gasteiger partial charge in [-0.05, 0) is 34.6 Å². The fourth-order valence-corrected chi connectivity index (χ4v) is 0.708. The standard InChI is InChI=1S/C11H22O3/c1-10(2,3)9(12)14-8-7-11(4,5)13-6/h7-8H2,1-6H3. The van der Waals surface area contributed by atoms with Gasteiger partial charge in [-0.2, -0.15) is 0 Å². The van der Waals surface area contributed by atoms with Gasteiger partial charge in [-0.25, -0.2) is 0 Å². The second kappa shape index (κ2) is 4.78. The minimum Gasteiger partial charge on any atom is -0.465 e. The summed E-state index contributed by atoms with van der Waals surface area (Å²) >= 11 is 0. The molecule has 0 aliphatic heterocycles. The van der Waals surface area contributed by atoms with Gasteiger partial charge in [-0.3, -0.25) is 4.79 Å². The molecule has 0 atom stereocenters. The lowest BCUT2D eigenvalue weighted by atomic mass is 9.97. The Morgan fingerprint density at radius 3 is 2.00 bits per heavy atom. The molecule has 0 fully saturated rings. The summed E-state index contributed by atoms with van der Waals surface area (Å²) in [4.78, 5) is 11.4. The van der Waals surface area contributed by atoms with Crippen LogP contribution in [-0.4, -0.2) is 25.3 Å². The lowest BCUT2D eigenvalue weighted by Crippen LogP contribution is -2.28. The molecule has 0 aliphatic rings. The van der Waals surface area contributed by atoms with Crippen LogP contribution in [0.1, 0.15) is 41.0 Å². The van der Waals surface area contributed by atoms with Crippen LogP contribution in [0.15, 0.2) is 0 Å². The van der Waals surface area contributed by atoms with Gasteiger partial charge in [0.15, 0.2) is 0 Å². The van der Waals surface area contributed by atoms with Crippen LogP contribution in [-0.2, 0) is 14.3 Å². The van der Waals surface area contributed by atoms with Crippen molar-refractivity contribution in [1.82, 2.24) is 0 Å². The maximum absolute atomic E-state index is 11.4. The number of carbonyl (C=O) groups excluding carboxylic acids is 1. The molecule has 0 radical (unpaired) electrons. The largest absolute Gasteiger partial charge is 0.465 e. The van der Waals surface area contributed by atoms with Crippen LogP contribution < -0.4 is 0 Å². The summed E-state index contributed by atoms with van der Waals surface area (Å²) < 4.78 is 10.3. The van der Waals surface area contributed by atoms with E-state index in [0.717, 1.165) is 0 Å². The van der Waals surface area contributed by atoms with Crippen molar-refractivity contribution >= 4 is 5.97 Å². The zero-order valence-electron chi connectivity index (χ0n) is 10.1. The monoisotopic (exact) mass is 202 g/mol. The molecular weight excluding hydrogens is 180 g/mol. The van der Waals surface area contributed by atoms with Crippen LogP contribution in [0.4, 0.5) is 0 Å². The van der Waals surface area contributed by atoms with Gasteiger partial charge in [0.2, 0.25) is 0 Å². The minimum absolute atomic E-state index is 0.163. The SMILES string of the molecule is COC(C)(C)CCOC(=O)C(C)(C)C. The highest BCUT2D eigenvalue weighted by atomic mass is 16.5. The lowest BCUT2D eigenvalue weighted by Gasteiger charge is -2.23. The molecule has 0 unspecified atom stereocenters. The van der Waals surface area contributed by atoms with E-state index in [0.29, 0.717) is 13.0 Å². The quantitative estimate of drug-likeness (QED) is 0.657. The van der Waals surface area contributed by atoms with E-state index in [9.17, 15) is 4.79 Å². The topological polar surface area (TPSA) is 35.5 Å². The van der Waals surface area contributed by atoms with Crippen LogP contribution in [0.5, 0.6) is 0 Å². The summed E-state index contributed by atoms with van der Waals surface area (Å²) in [5, 5.41) is 0. The van der Waals surface area contributed by atoms with E-state index >= 15 is 0 Å². The van der Waals surface area contributed by atoms with E-state index in [1.165, 1.54) is 0 Å². The van der Waals surface area contributed by atoms with E-state index < -0.39 is 5.41 Å².